The molecule has 2 saturated heterocycles. The molecular formula is C19H27N7O2. The van der Waals surface area contributed by atoms with Crippen LogP contribution in [0.3, 0.4) is 0 Å². The van der Waals surface area contributed by atoms with Gasteiger partial charge in [-0.2, -0.15) is 0 Å². The van der Waals surface area contributed by atoms with Crippen LogP contribution < -0.4 is 15.5 Å². The summed E-state index contributed by atoms with van der Waals surface area (Å²) in [5.41, 5.74) is 1.33. The number of carbonyl (C=O) groups is 1. The Morgan fingerprint density at radius 2 is 2.25 bits per heavy atom. The fourth-order valence-electron chi connectivity index (χ4n) is 3.73. The van der Waals surface area contributed by atoms with E-state index in [1.165, 1.54) is 12.8 Å². The second-order valence-electron chi connectivity index (χ2n) is 7.31. The molecule has 2 aromatic heterocycles. The number of ether oxygens (including phenoxy) is 1. The molecule has 0 bridgehead atoms. The number of morpholine rings is 1. The molecule has 28 heavy (non-hydrogen) atoms. The third kappa shape index (κ3) is 4.66. The molecule has 2 N–H and O–H groups in total. The summed E-state index contributed by atoms with van der Waals surface area (Å²) in [6.07, 6.45) is 5.88. The maximum Gasteiger partial charge on any atom is 0.273 e. The van der Waals surface area contributed by atoms with Gasteiger partial charge in [-0.25, -0.2) is 4.98 Å². The molecule has 2 fully saturated rings. The monoisotopic (exact) mass is 385 g/mol. The Kier molecular flexibility index (Phi) is 6.13. The third-order valence-corrected chi connectivity index (χ3v) is 5.23. The molecule has 2 aromatic rings. The van der Waals surface area contributed by atoms with Gasteiger partial charge in [-0.1, -0.05) is 11.3 Å². The van der Waals surface area contributed by atoms with Crippen molar-refractivity contribution in [3.8, 4) is 0 Å². The van der Waals surface area contributed by atoms with Gasteiger partial charge < -0.3 is 20.3 Å². The van der Waals surface area contributed by atoms with Crippen molar-refractivity contribution in [2.45, 2.75) is 25.9 Å². The molecule has 2 aliphatic rings. The SMILES string of the molecule is O=C(NCc1cccnc1N1CCOCC1)c1cn(CC2CCCNC2)nn1. The van der Waals surface area contributed by atoms with E-state index in [-0.39, 0.29) is 5.91 Å². The van der Waals surface area contributed by atoms with E-state index < -0.39 is 0 Å². The Morgan fingerprint density at radius 3 is 3.07 bits per heavy atom. The number of piperidine rings is 1. The largest absolute Gasteiger partial charge is 0.378 e. The van der Waals surface area contributed by atoms with Gasteiger partial charge >= 0.3 is 0 Å². The highest BCUT2D eigenvalue weighted by Gasteiger charge is 2.18. The number of hydrogen-bond donors (Lipinski definition) is 2. The molecule has 1 atom stereocenters. The molecule has 0 spiro atoms. The highest BCUT2D eigenvalue weighted by molar-refractivity contribution is 5.91. The molecule has 9 heteroatoms. The summed E-state index contributed by atoms with van der Waals surface area (Å²) < 4.78 is 7.19. The maximum absolute atomic E-state index is 12.5. The van der Waals surface area contributed by atoms with Crippen molar-refractivity contribution in [1.29, 1.82) is 0 Å². The van der Waals surface area contributed by atoms with Crippen LogP contribution in [0.2, 0.25) is 0 Å². The highest BCUT2D eigenvalue weighted by Crippen LogP contribution is 2.18. The molecule has 1 amide bonds. The van der Waals surface area contributed by atoms with Crippen molar-refractivity contribution in [3.63, 3.8) is 0 Å². The summed E-state index contributed by atoms with van der Waals surface area (Å²) in [5.74, 6) is 1.22. The molecule has 2 aliphatic heterocycles. The Balaban J connectivity index is 1.34. The zero-order valence-corrected chi connectivity index (χ0v) is 16.0. The first-order valence-electron chi connectivity index (χ1n) is 9.95. The predicted octanol–water partition coefficient (Wildman–Crippen LogP) is 0.439. The molecule has 4 heterocycles. The van der Waals surface area contributed by atoms with Crippen LogP contribution in [0.15, 0.2) is 24.5 Å². The van der Waals surface area contributed by atoms with E-state index in [0.717, 1.165) is 44.1 Å². The van der Waals surface area contributed by atoms with Crippen molar-refractivity contribution < 1.29 is 9.53 Å². The lowest BCUT2D eigenvalue weighted by Gasteiger charge is -2.29. The van der Waals surface area contributed by atoms with E-state index in [2.05, 4.69) is 30.8 Å². The standard InChI is InChI=1S/C19H27N7O2/c27-19(17-14-26(24-23-17)13-15-3-1-5-20-11-15)22-12-16-4-2-6-21-18(16)25-7-9-28-10-8-25/h2,4,6,14-15,20H,1,3,5,7-13H2,(H,22,27). The second-order valence-corrected chi connectivity index (χ2v) is 7.31. The number of aromatic nitrogens is 4. The summed E-state index contributed by atoms with van der Waals surface area (Å²) in [4.78, 5) is 19.2. The van der Waals surface area contributed by atoms with E-state index in [1.807, 2.05) is 12.1 Å². The molecule has 0 radical (unpaired) electrons. The molecule has 0 saturated carbocycles. The summed E-state index contributed by atoms with van der Waals surface area (Å²) in [7, 11) is 0. The first-order valence-corrected chi connectivity index (χ1v) is 9.95. The van der Waals surface area contributed by atoms with Crippen LogP contribution in [0, 0.1) is 5.92 Å². The normalized spacial score (nSPS) is 20.1. The van der Waals surface area contributed by atoms with Crippen molar-refractivity contribution in [2.24, 2.45) is 5.92 Å². The number of anilines is 1. The van der Waals surface area contributed by atoms with Crippen LogP contribution in [-0.2, 0) is 17.8 Å². The Hall–Kier alpha value is -2.52. The minimum Gasteiger partial charge on any atom is -0.378 e. The van der Waals surface area contributed by atoms with Crippen LogP contribution in [0.4, 0.5) is 5.82 Å². The molecule has 1 unspecified atom stereocenters. The van der Waals surface area contributed by atoms with Gasteiger partial charge in [0.2, 0.25) is 0 Å². The van der Waals surface area contributed by atoms with Crippen LogP contribution >= 0.6 is 0 Å². The Morgan fingerprint density at radius 1 is 1.36 bits per heavy atom. The summed E-state index contributed by atoms with van der Waals surface area (Å²) in [5, 5.41) is 14.5. The second kappa shape index (κ2) is 9.11. The highest BCUT2D eigenvalue weighted by atomic mass is 16.5. The third-order valence-electron chi connectivity index (χ3n) is 5.23. The van der Waals surface area contributed by atoms with Crippen molar-refractivity contribution in [2.75, 3.05) is 44.3 Å². The van der Waals surface area contributed by atoms with Gasteiger partial charge in [-0.3, -0.25) is 9.48 Å². The fraction of sp³-hybridized carbons (Fsp3) is 0.579. The van der Waals surface area contributed by atoms with Gasteiger partial charge in [-0.05, 0) is 37.9 Å². The van der Waals surface area contributed by atoms with E-state index in [1.54, 1.807) is 17.1 Å². The van der Waals surface area contributed by atoms with Crippen LogP contribution in [0.1, 0.15) is 28.9 Å². The number of hydrogen-bond acceptors (Lipinski definition) is 7. The van der Waals surface area contributed by atoms with Crippen molar-refractivity contribution in [1.82, 2.24) is 30.6 Å². The number of nitrogens with zero attached hydrogens (tertiary/aromatic N) is 5. The maximum atomic E-state index is 12.5. The lowest BCUT2D eigenvalue weighted by atomic mass is 10.00. The summed E-state index contributed by atoms with van der Waals surface area (Å²) >= 11 is 0. The van der Waals surface area contributed by atoms with Crippen LogP contribution in [-0.4, -0.2) is 65.3 Å². The van der Waals surface area contributed by atoms with Crippen LogP contribution in [0.25, 0.3) is 0 Å². The van der Waals surface area contributed by atoms with Crippen molar-refractivity contribution >= 4 is 11.7 Å². The number of nitrogens with one attached hydrogen (secondary N) is 2. The van der Waals surface area contributed by atoms with Crippen molar-refractivity contribution in [3.05, 3.63) is 35.8 Å². The van der Waals surface area contributed by atoms with Crippen LogP contribution in [0.5, 0.6) is 0 Å². The summed E-state index contributed by atoms with van der Waals surface area (Å²) in [6.45, 7) is 6.28. The average Bonchev–Trinajstić information content (AvgIpc) is 3.22. The Bertz CT molecular complexity index is 782. The van der Waals surface area contributed by atoms with Gasteiger partial charge in [0.1, 0.15) is 5.82 Å². The zero-order valence-electron chi connectivity index (χ0n) is 16.0. The first-order chi connectivity index (χ1) is 13.8. The van der Waals surface area contributed by atoms with E-state index in [4.69, 9.17) is 4.74 Å². The number of rotatable bonds is 6. The van der Waals surface area contributed by atoms with E-state index in [0.29, 0.717) is 31.4 Å². The fourth-order valence-corrected chi connectivity index (χ4v) is 3.73. The smallest absolute Gasteiger partial charge is 0.273 e. The Labute approximate surface area is 164 Å². The molecule has 4 rings (SSSR count). The first kappa shape index (κ1) is 18.8. The number of pyridine rings is 1. The van der Waals surface area contributed by atoms with Gasteiger partial charge in [0.15, 0.2) is 5.69 Å². The molecular weight excluding hydrogens is 358 g/mol. The lowest BCUT2D eigenvalue weighted by Crippen LogP contribution is -2.37. The quantitative estimate of drug-likeness (QED) is 0.745. The molecule has 0 aliphatic carbocycles. The average molecular weight is 385 g/mol. The van der Waals surface area contributed by atoms with Gasteiger partial charge in [-0.15, -0.1) is 5.10 Å². The van der Waals surface area contributed by atoms with Gasteiger partial charge in [0, 0.05) is 37.9 Å². The lowest BCUT2D eigenvalue weighted by molar-refractivity contribution is 0.0945. The topological polar surface area (TPSA) is 97.2 Å². The molecule has 9 nitrogen and oxygen atoms in total. The van der Waals surface area contributed by atoms with Gasteiger partial charge in [0.25, 0.3) is 5.91 Å². The minimum absolute atomic E-state index is 0.218. The predicted molar refractivity (Wildman–Crippen MR) is 104 cm³/mol. The molecule has 0 aromatic carbocycles. The minimum atomic E-state index is -0.218. The number of amides is 1. The van der Waals surface area contributed by atoms with E-state index >= 15 is 0 Å². The zero-order chi connectivity index (χ0) is 19.2. The summed E-state index contributed by atoms with van der Waals surface area (Å²) in [6, 6.07) is 3.88. The van der Waals surface area contributed by atoms with Gasteiger partial charge in [0.05, 0.1) is 19.4 Å². The number of carbonyl (C=O) groups excluding carboxylic acids is 1. The molecule has 150 valence electrons. The van der Waals surface area contributed by atoms with E-state index in [9.17, 15) is 4.79 Å².